The zero-order valence-corrected chi connectivity index (χ0v) is 15.7. The summed E-state index contributed by atoms with van der Waals surface area (Å²) >= 11 is 0. The lowest BCUT2D eigenvalue weighted by Gasteiger charge is -2.18. The summed E-state index contributed by atoms with van der Waals surface area (Å²) in [4.78, 5) is 17.1. The number of benzene rings is 2. The van der Waals surface area contributed by atoms with E-state index in [2.05, 4.69) is 10.3 Å². The molecule has 0 aliphatic carbocycles. The number of aromatic nitrogens is 1. The van der Waals surface area contributed by atoms with Crippen molar-refractivity contribution in [2.24, 2.45) is 0 Å². The fraction of sp³-hybridized carbons (Fsp3) is 0.217. The van der Waals surface area contributed by atoms with E-state index in [9.17, 15) is 4.79 Å². The molecule has 1 amide bonds. The Morgan fingerprint density at radius 3 is 2.68 bits per heavy atom. The fourth-order valence-corrected chi connectivity index (χ4v) is 3.39. The van der Waals surface area contributed by atoms with Crippen LogP contribution in [0.2, 0.25) is 0 Å². The second-order valence-corrected chi connectivity index (χ2v) is 6.82. The molecule has 5 heteroatoms. The van der Waals surface area contributed by atoms with Gasteiger partial charge in [0.1, 0.15) is 0 Å². The number of ether oxygens (including phenoxy) is 2. The third kappa shape index (κ3) is 3.98. The molecule has 0 radical (unpaired) electrons. The van der Waals surface area contributed by atoms with Gasteiger partial charge in [0.25, 0.3) is 0 Å². The highest BCUT2D eigenvalue weighted by atomic mass is 16.7. The highest BCUT2D eigenvalue weighted by Crippen LogP contribution is 2.37. The first kappa shape index (κ1) is 18.0. The molecule has 1 N–H and O–H groups in total. The van der Waals surface area contributed by atoms with Gasteiger partial charge in [0.15, 0.2) is 11.5 Å². The molecule has 1 aromatic heterocycles. The van der Waals surface area contributed by atoms with E-state index < -0.39 is 0 Å². The van der Waals surface area contributed by atoms with Crippen molar-refractivity contribution < 1.29 is 14.3 Å². The molecular weight excluding hydrogens is 352 g/mol. The average Bonchev–Trinajstić information content (AvgIpc) is 3.20. The van der Waals surface area contributed by atoms with Gasteiger partial charge in [-0.3, -0.25) is 9.78 Å². The molecule has 1 unspecified atom stereocenters. The van der Waals surface area contributed by atoms with Gasteiger partial charge in [0.2, 0.25) is 12.7 Å². The Labute approximate surface area is 164 Å². The van der Waals surface area contributed by atoms with Gasteiger partial charge in [-0.1, -0.05) is 42.5 Å². The minimum atomic E-state index is -0.0690. The monoisotopic (exact) mass is 374 g/mol. The molecule has 0 spiro atoms. The molecule has 0 saturated carbocycles. The van der Waals surface area contributed by atoms with Crippen LogP contribution >= 0.6 is 0 Å². The van der Waals surface area contributed by atoms with Crippen LogP contribution in [0.5, 0.6) is 11.5 Å². The summed E-state index contributed by atoms with van der Waals surface area (Å²) in [6.45, 7) is 2.65. The van der Waals surface area contributed by atoms with Crippen LogP contribution < -0.4 is 14.8 Å². The number of nitrogens with one attached hydrogen (secondary N) is 1. The number of carbonyl (C=O) groups is 1. The minimum Gasteiger partial charge on any atom is -0.454 e. The summed E-state index contributed by atoms with van der Waals surface area (Å²) in [6.07, 6.45) is 2.09. The molecule has 2 aromatic carbocycles. The first-order chi connectivity index (χ1) is 13.7. The molecule has 142 valence electrons. The van der Waals surface area contributed by atoms with Gasteiger partial charge in [-0.15, -0.1) is 0 Å². The molecule has 5 nitrogen and oxygen atoms in total. The van der Waals surface area contributed by atoms with Crippen LogP contribution in [-0.2, 0) is 11.3 Å². The van der Waals surface area contributed by atoms with Gasteiger partial charge in [0, 0.05) is 18.5 Å². The third-order valence-corrected chi connectivity index (χ3v) is 4.96. The standard InChI is InChI=1S/C23H22N2O3/c1-16-6-5-11-24-20(16)14-25-23(26)13-19(17-7-3-2-4-8-17)18-9-10-21-22(12-18)28-15-27-21/h2-12,19H,13-15H2,1H3,(H,25,26). The highest BCUT2D eigenvalue weighted by molar-refractivity contribution is 5.77. The zero-order valence-electron chi connectivity index (χ0n) is 15.7. The van der Waals surface area contributed by atoms with E-state index in [0.717, 1.165) is 33.9 Å². The van der Waals surface area contributed by atoms with E-state index >= 15 is 0 Å². The van der Waals surface area contributed by atoms with Crippen LogP contribution in [0.4, 0.5) is 0 Å². The van der Waals surface area contributed by atoms with E-state index in [1.54, 1.807) is 6.20 Å². The lowest BCUT2D eigenvalue weighted by Crippen LogP contribution is -2.25. The van der Waals surface area contributed by atoms with E-state index in [1.807, 2.05) is 67.6 Å². The Bertz CT molecular complexity index is 973. The molecule has 1 aliphatic heterocycles. The summed E-state index contributed by atoms with van der Waals surface area (Å²) in [5, 5.41) is 3.00. The van der Waals surface area contributed by atoms with Crippen LogP contribution in [0.1, 0.15) is 34.7 Å². The Kier molecular flexibility index (Phi) is 5.24. The minimum absolute atomic E-state index is 0.0171. The van der Waals surface area contributed by atoms with Crippen molar-refractivity contribution in [1.82, 2.24) is 10.3 Å². The molecule has 4 rings (SSSR count). The van der Waals surface area contributed by atoms with Crippen molar-refractivity contribution in [2.75, 3.05) is 6.79 Å². The third-order valence-electron chi connectivity index (χ3n) is 4.96. The van der Waals surface area contributed by atoms with Gasteiger partial charge in [-0.25, -0.2) is 0 Å². The second-order valence-electron chi connectivity index (χ2n) is 6.82. The van der Waals surface area contributed by atoms with Crippen LogP contribution in [0.25, 0.3) is 0 Å². The van der Waals surface area contributed by atoms with Crippen LogP contribution in [-0.4, -0.2) is 17.7 Å². The smallest absolute Gasteiger partial charge is 0.231 e. The van der Waals surface area contributed by atoms with Crippen LogP contribution in [0.15, 0.2) is 66.9 Å². The molecule has 3 aromatic rings. The number of fused-ring (bicyclic) bond motifs is 1. The van der Waals surface area contributed by atoms with Crippen LogP contribution in [0, 0.1) is 6.92 Å². The predicted molar refractivity (Wildman–Crippen MR) is 106 cm³/mol. The summed E-state index contributed by atoms with van der Waals surface area (Å²) in [6, 6.07) is 19.8. The summed E-state index contributed by atoms with van der Waals surface area (Å²) in [7, 11) is 0. The number of aryl methyl sites for hydroxylation is 1. The van der Waals surface area contributed by atoms with E-state index in [4.69, 9.17) is 9.47 Å². The number of hydrogen-bond donors (Lipinski definition) is 1. The zero-order chi connectivity index (χ0) is 19.3. The van der Waals surface area contributed by atoms with Crippen molar-refractivity contribution in [3.63, 3.8) is 0 Å². The number of carbonyl (C=O) groups excluding carboxylic acids is 1. The summed E-state index contributed by atoms with van der Waals surface area (Å²) < 4.78 is 10.9. The van der Waals surface area contributed by atoms with Gasteiger partial charge in [-0.05, 0) is 41.8 Å². The predicted octanol–water partition coefficient (Wildman–Crippen LogP) is 3.96. The van der Waals surface area contributed by atoms with E-state index in [1.165, 1.54) is 0 Å². The number of pyridine rings is 1. The summed E-state index contributed by atoms with van der Waals surface area (Å²) in [5.41, 5.74) is 4.07. The molecule has 0 fully saturated rings. The van der Waals surface area contributed by atoms with Crippen molar-refractivity contribution >= 4 is 5.91 Å². The van der Waals surface area contributed by atoms with Crippen molar-refractivity contribution in [3.05, 3.63) is 89.2 Å². The first-order valence-corrected chi connectivity index (χ1v) is 9.32. The maximum absolute atomic E-state index is 12.7. The normalized spacial score (nSPS) is 13.2. The largest absolute Gasteiger partial charge is 0.454 e. The lowest BCUT2D eigenvalue weighted by molar-refractivity contribution is -0.121. The van der Waals surface area contributed by atoms with E-state index in [-0.39, 0.29) is 18.6 Å². The molecule has 1 atom stereocenters. The quantitative estimate of drug-likeness (QED) is 0.710. The Morgan fingerprint density at radius 1 is 1.04 bits per heavy atom. The topological polar surface area (TPSA) is 60.5 Å². The van der Waals surface area contributed by atoms with Gasteiger partial charge in [0.05, 0.1) is 12.2 Å². The first-order valence-electron chi connectivity index (χ1n) is 9.32. The van der Waals surface area contributed by atoms with Crippen molar-refractivity contribution in [2.45, 2.75) is 25.8 Å². The Balaban J connectivity index is 1.53. The molecular formula is C23H22N2O3. The van der Waals surface area contributed by atoms with Gasteiger partial charge >= 0.3 is 0 Å². The number of amides is 1. The summed E-state index contributed by atoms with van der Waals surface area (Å²) in [5.74, 6) is 1.38. The molecule has 28 heavy (non-hydrogen) atoms. The second kappa shape index (κ2) is 8.13. The molecule has 1 aliphatic rings. The molecule has 2 heterocycles. The lowest BCUT2D eigenvalue weighted by atomic mass is 9.88. The van der Waals surface area contributed by atoms with Crippen molar-refractivity contribution in [1.29, 1.82) is 0 Å². The highest BCUT2D eigenvalue weighted by Gasteiger charge is 2.22. The number of nitrogens with zero attached hydrogens (tertiary/aromatic N) is 1. The Morgan fingerprint density at radius 2 is 1.86 bits per heavy atom. The SMILES string of the molecule is Cc1cccnc1CNC(=O)CC(c1ccccc1)c1ccc2c(c1)OCO2. The van der Waals surface area contributed by atoms with Crippen LogP contribution in [0.3, 0.4) is 0 Å². The molecule has 0 saturated heterocycles. The fourth-order valence-electron chi connectivity index (χ4n) is 3.39. The van der Waals surface area contributed by atoms with E-state index in [0.29, 0.717) is 13.0 Å². The average molecular weight is 374 g/mol. The van der Waals surface area contributed by atoms with Crippen molar-refractivity contribution in [3.8, 4) is 11.5 Å². The maximum atomic E-state index is 12.7. The Hall–Kier alpha value is -3.34. The number of hydrogen-bond acceptors (Lipinski definition) is 4. The number of rotatable bonds is 6. The maximum Gasteiger partial charge on any atom is 0.231 e. The van der Waals surface area contributed by atoms with Gasteiger partial charge < -0.3 is 14.8 Å². The molecule has 0 bridgehead atoms. The van der Waals surface area contributed by atoms with Gasteiger partial charge in [-0.2, -0.15) is 0 Å².